The summed E-state index contributed by atoms with van der Waals surface area (Å²) in [6, 6.07) is 16.7. The van der Waals surface area contributed by atoms with Crippen molar-refractivity contribution in [2.45, 2.75) is 40.0 Å². The van der Waals surface area contributed by atoms with Crippen LogP contribution in [0.1, 0.15) is 37.5 Å². The molecule has 0 saturated carbocycles. The summed E-state index contributed by atoms with van der Waals surface area (Å²) in [5.74, 6) is 0.154. The Morgan fingerprint density at radius 3 is 2.32 bits per heavy atom. The van der Waals surface area contributed by atoms with Crippen molar-refractivity contribution in [3.63, 3.8) is 0 Å². The first-order chi connectivity index (χ1) is 14.8. The number of halogens is 3. The van der Waals surface area contributed by atoms with Gasteiger partial charge in [-0.2, -0.15) is 18.2 Å². The van der Waals surface area contributed by atoms with Crippen LogP contribution < -0.4 is 9.64 Å². The van der Waals surface area contributed by atoms with Crippen LogP contribution in [-0.2, 0) is 19.2 Å². The Labute approximate surface area is 180 Å². The molecule has 1 aromatic heterocycles. The van der Waals surface area contributed by atoms with Crippen molar-refractivity contribution in [2.75, 3.05) is 11.4 Å². The maximum absolute atomic E-state index is 13.8. The number of rotatable bonds is 8. The standard InChI is InChI=1S/C24H26F3N3O/c1-4-30(21-13-9-8-12-19(21)14-17(2)3)22-20(24(25,26)27)15-28-23(29-22)31-16-18-10-6-5-7-11-18/h5-13,15,17H,4,14,16H2,1-3H3. The smallest absolute Gasteiger partial charge is 0.421 e. The van der Waals surface area contributed by atoms with E-state index in [2.05, 4.69) is 23.8 Å². The molecule has 0 aliphatic rings. The molecule has 0 radical (unpaired) electrons. The number of para-hydroxylation sites is 1. The Bertz CT molecular complexity index is 991. The van der Waals surface area contributed by atoms with Crippen molar-refractivity contribution in [1.82, 2.24) is 9.97 Å². The summed E-state index contributed by atoms with van der Waals surface area (Å²) in [4.78, 5) is 9.60. The maximum Gasteiger partial charge on any atom is 0.421 e. The molecule has 164 valence electrons. The first kappa shape index (κ1) is 22.6. The van der Waals surface area contributed by atoms with Gasteiger partial charge in [-0.05, 0) is 36.5 Å². The van der Waals surface area contributed by atoms with Gasteiger partial charge in [0.1, 0.15) is 12.2 Å². The lowest BCUT2D eigenvalue weighted by Crippen LogP contribution is -2.24. The fourth-order valence-corrected chi connectivity index (χ4v) is 3.38. The van der Waals surface area contributed by atoms with E-state index in [1.54, 1.807) is 11.8 Å². The molecule has 31 heavy (non-hydrogen) atoms. The zero-order chi connectivity index (χ0) is 22.4. The van der Waals surface area contributed by atoms with Crippen molar-refractivity contribution in [3.8, 4) is 6.01 Å². The van der Waals surface area contributed by atoms with Crippen LogP contribution >= 0.6 is 0 Å². The highest BCUT2D eigenvalue weighted by atomic mass is 19.4. The van der Waals surface area contributed by atoms with Crippen molar-refractivity contribution < 1.29 is 17.9 Å². The van der Waals surface area contributed by atoms with Crippen molar-refractivity contribution >= 4 is 11.5 Å². The van der Waals surface area contributed by atoms with Gasteiger partial charge in [0.2, 0.25) is 0 Å². The van der Waals surface area contributed by atoms with E-state index in [1.807, 2.05) is 54.6 Å². The number of ether oxygens (including phenoxy) is 1. The molecule has 0 bridgehead atoms. The monoisotopic (exact) mass is 429 g/mol. The van der Waals surface area contributed by atoms with Crippen LogP contribution in [0.5, 0.6) is 6.01 Å². The van der Waals surface area contributed by atoms with Crippen LogP contribution in [0.4, 0.5) is 24.7 Å². The lowest BCUT2D eigenvalue weighted by atomic mass is 10.0. The second-order valence-electron chi connectivity index (χ2n) is 7.63. The van der Waals surface area contributed by atoms with E-state index in [9.17, 15) is 13.2 Å². The molecule has 1 heterocycles. The molecule has 0 spiro atoms. The molecular weight excluding hydrogens is 403 g/mol. The van der Waals surface area contributed by atoms with Crippen LogP contribution in [-0.4, -0.2) is 16.5 Å². The molecular formula is C24H26F3N3O. The third kappa shape index (κ3) is 5.75. The quantitative estimate of drug-likeness (QED) is 0.414. The van der Waals surface area contributed by atoms with Gasteiger partial charge in [0, 0.05) is 18.4 Å². The molecule has 7 heteroatoms. The minimum Gasteiger partial charge on any atom is -0.459 e. The van der Waals surface area contributed by atoms with Gasteiger partial charge in [0.25, 0.3) is 0 Å². The average molecular weight is 429 g/mol. The molecule has 0 unspecified atom stereocenters. The molecule has 2 aromatic carbocycles. The summed E-state index contributed by atoms with van der Waals surface area (Å²) >= 11 is 0. The van der Waals surface area contributed by atoms with E-state index in [0.29, 0.717) is 18.2 Å². The Morgan fingerprint density at radius 2 is 1.68 bits per heavy atom. The van der Waals surface area contributed by atoms with E-state index >= 15 is 0 Å². The molecule has 0 aliphatic carbocycles. The highest BCUT2D eigenvalue weighted by molar-refractivity contribution is 5.66. The molecule has 3 rings (SSSR count). The third-order valence-corrected chi connectivity index (χ3v) is 4.75. The summed E-state index contributed by atoms with van der Waals surface area (Å²) in [6.07, 6.45) is -3.04. The second kappa shape index (κ2) is 9.81. The number of nitrogens with zero attached hydrogens (tertiary/aromatic N) is 3. The van der Waals surface area contributed by atoms with E-state index in [4.69, 9.17) is 4.74 Å². The Hall–Kier alpha value is -3.09. The van der Waals surface area contributed by atoms with Gasteiger partial charge in [0.15, 0.2) is 5.82 Å². The van der Waals surface area contributed by atoms with E-state index in [1.165, 1.54) is 0 Å². The van der Waals surface area contributed by atoms with Gasteiger partial charge in [0.05, 0.1) is 0 Å². The molecule has 0 amide bonds. The molecule has 0 aliphatic heterocycles. The first-order valence-electron chi connectivity index (χ1n) is 10.3. The zero-order valence-electron chi connectivity index (χ0n) is 17.9. The van der Waals surface area contributed by atoms with Gasteiger partial charge in [-0.1, -0.05) is 62.4 Å². The van der Waals surface area contributed by atoms with Crippen LogP contribution in [0.25, 0.3) is 0 Å². The maximum atomic E-state index is 13.8. The minimum absolute atomic E-state index is 0.0911. The zero-order valence-corrected chi connectivity index (χ0v) is 17.9. The lowest BCUT2D eigenvalue weighted by molar-refractivity contribution is -0.137. The van der Waals surface area contributed by atoms with Gasteiger partial charge in [-0.25, -0.2) is 4.98 Å². The Morgan fingerprint density at radius 1 is 1.00 bits per heavy atom. The van der Waals surface area contributed by atoms with E-state index in [-0.39, 0.29) is 18.4 Å². The topological polar surface area (TPSA) is 38.2 Å². The van der Waals surface area contributed by atoms with E-state index < -0.39 is 11.7 Å². The third-order valence-electron chi connectivity index (χ3n) is 4.75. The fourth-order valence-electron chi connectivity index (χ4n) is 3.38. The number of hydrogen-bond donors (Lipinski definition) is 0. The molecule has 0 N–H and O–H groups in total. The number of benzene rings is 2. The number of alkyl halides is 3. The predicted molar refractivity (Wildman–Crippen MR) is 115 cm³/mol. The molecule has 4 nitrogen and oxygen atoms in total. The second-order valence-corrected chi connectivity index (χ2v) is 7.63. The summed E-state index contributed by atoms with van der Waals surface area (Å²) in [5, 5.41) is 0. The molecule has 0 fully saturated rings. The normalized spacial score (nSPS) is 11.6. The van der Waals surface area contributed by atoms with Gasteiger partial charge in [-0.15, -0.1) is 0 Å². The molecule has 0 atom stereocenters. The van der Waals surface area contributed by atoms with Crippen molar-refractivity contribution in [2.24, 2.45) is 5.92 Å². The first-order valence-corrected chi connectivity index (χ1v) is 10.3. The molecule has 0 saturated heterocycles. The minimum atomic E-state index is -4.59. The predicted octanol–water partition coefficient (Wildman–Crippen LogP) is 6.43. The average Bonchev–Trinajstić information content (AvgIpc) is 2.74. The van der Waals surface area contributed by atoms with Crippen molar-refractivity contribution in [1.29, 1.82) is 0 Å². The SMILES string of the molecule is CCN(c1ccccc1CC(C)C)c1nc(OCc2ccccc2)ncc1C(F)(F)F. The summed E-state index contributed by atoms with van der Waals surface area (Å²) in [5.41, 5.74) is 1.66. The highest BCUT2D eigenvalue weighted by Gasteiger charge is 2.37. The Kier molecular flexibility index (Phi) is 7.15. The van der Waals surface area contributed by atoms with Gasteiger partial charge in [-0.3, -0.25) is 0 Å². The van der Waals surface area contributed by atoms with Crippen molar-refractivity contribution in [3.05, 3.63) is 77.5 Å². The number of hydrogen-bond acceptors (Lipinski definition) is 4. The van der Waals surface area contributed by atoms with E-state index in [0.717, 1.165) is 23.7 Å². The Balaban J connectivity index is 2.02. The van der Waals surface area contributed by atoms with Crippen LogP contribution in [0.3, 0.4) is 0 Å². The summed E-state index contributed by atoms with van der Waals surface area (Å²) < 4.78 is 47.0. The van der Waals surface area contributed by atoms with Gasteiger partial charge >= 0.3 is 12.2 Å². The summed E-state index contributed by atoms with van der Waals surface area (Å²) in [7, 11) is 0. The highest BCUT2D eigenvalue weighted by Crippen LogP contribution is 2.39. The number of anilines is 2. The fraction of sp³-hybridized carbons (Fsp3) is 0.333. The number of aromatic nitrogens is 2. The lowest BCUT2D eigenvalue weighted by Gasteiger charge is -2.28. The van der Waals surface area contributed by atoms with Crippen LogP contribution in [0.2, 0.25) is 0 Å². The van der Waals surface area contributed by atoms with Gasteiger partial charge < -0.3 is 9.64 Å². The molecule has 3 aromatic rings. The summed E-state index contributed by atoms with van der Waals surface area (Å²) in [6.45, 7) is 6.44. The van der Waals surface area contributed by atoms with Crippen LogP contribution in [0.15, 0.2) is 60.8 Å². The largest absolute Gasteiger partial charge is 0.459 e. The van der Waals surface area contributed by atoms with Crippen LogP contribution in [0, 0.1) is 5.92 Å².